The summed E-state index contributed by atoms with van der Waals surface area (Å²) in [6, 6.07) is 1.85. The van der Waals surface area contributed by atoms with Crippen LogP contribution in [0.4, 0.5) is 0 Å². The first-order valence-corrected chi connectivity index (χ1v) is 2.05. The molecule has 7 heavy (non-hydrogen) atoms. The molecule has 1 aromatic heterocycles. The van der Waals surface area contributed by atoms with Crippen LogP contribution in [0.1, 0.15) is 5.56 Å². The molecule has 0 spiro atoms. The molecular formula is C5H5N2. The van der Waals surface area contributed by atoms with Gasteiger partial charge in [-0.25, -0.2) is 0 Å². The number of hydrogen-bond acceptors (Lipinski definition) is 2. The summed E-state index contributed by atoms with van der Waals surface area (Å²) in [6.07, 6.45) is 4.31. The molecule has 1 heterocycles. The zero-order valence-corrected chi connectivity index (χ0v) is 4.05. The van der Waals surface area contributed by atoms with Crippen LogP contribution >= 0.6 is 0 Å². The first kappa shape index (κ1) is 4.24. The van der Waals surface area contributed by atoms with Gasteiger partial charge < -0.3 is 0 Å². The minimum absolute atomic E-state index is 1.02. The molecule has 0 aliphatic carbocycles. The second-order valence-corrected chi connectivity index (χ2v) is 1.33. The second-order valence-electron chi connectivity index (χ2n) is 1.33. The standard InChI is InChI=1S/C5H5N2/c1-5-2-3-6-7-4-5/h2-3H,1H3. The zero-order chi connectivity index (χ0) is 5.11. The van der Waals surface area contributed by atoms with E-state index in [1.54, 1.807) is 6.20 Å². The largest absolute Gasteiger partial charge is 0.158 e. The molecule has 0 fully saturated rings. The van der Waals surface area contributed by atoms with E-state index in [9.17, 15) is 0 Å². The van der Waals surface area contributed by atoms with Crippen LogP contribution < -0.4 is 0 Å². The molecular weight excluding hydrogens is 88.1 g/mol. The Bertz CT molecular complexity index is 136. The lowest BCUT2D eigenvalue weighted by molar-refractivity contribution is 1.01. The Morgan fingerprint density at radius 1 is 1.71 bits per heavy atom. The lowest BCUT2D eigenvalue weighted by atomic mass is 10.4. The Kier molecular flexibility index (Phi) is 1.02. The summed E-state index contributed by atoms with van der Waals surface area (Å²) in [7, 11) is 0. The smallest absolute Gasteiger partial charge is 0.116 e. The number of rotatable bonds is 0. The molecule has 0 aromatic carbocycles. The van der Waals surface area contributed by atoms with Crippen molar-refractivity contribution >= 4 is 0 Å². The van der Waals surface area contributed by atoms with Gasteiger partial charge in [-0.15, -0.1) is 5.10 Å². The molecule has 0 aliphatic heterocycles. The highest BCUT2D eigenvalue weighted by atomic mass is 15.1. The molecule has 0 amide bonds. The maximum absolute atomic E-state index is 3.54. The highest BCUT2D eigenvalue weighted by Crippen LogP contribution is 1.84. The molecule has 0 aliphatic rings. The molecule has 0 unspecified atom stereocenters. The minimum Gasteiger partial charge on any atom is -0.158 e. The quantitative estimate of drug-likeness (QED) is 0.469. The van der Waals surface area contributed by atoms with Crippen molar-refractivity contribution in [1.82, 2.24) is 10.2 Å². The number of aryl methyl sites for hydroxylation is 1. The molecule has 0 atom stereocenters. The molecule has 1 rings (SSSR count). The summed E-state index contributed by atoms with van der Waals surface area (Å²) >= 11 is 0. The van der Waals surface area contributed by atoms with Gasteiger partial charge in [0.15, 0.2) is 0 Å². The van der Waals surface area contributed by atoms with Gasteiger partial charge in [0.25, 0.3) is 0 Å². The summed E-state index contributed by atoms with van der Waals surface area (Å²) < 4.78 is 0. The first-order chi connectivity index (χ1) is 3.39. The molecule has 1 radical (unpaired) electrons. The Hall–Kier alpha value is -0.920. The van der Waals surface area contributed by atoms with Crippen molar-refractivity contribution in [1.29, 1.82) is 0 Å². The molecule has 0 N–H and O–H groups in total. The fourth-order valence-electron chi connectivity index (χ4n) is 0.323. The average molecular weight is 93.1 g/mol. The van der Waals surface area contributed by atoms with Crippen LogP contribution in [0.25, 0.3) is 0 Å². The Balaban J connectivity index is 3.02. The Labute approximate surface area is 42.2 Å². The summed E-state index contributed by atoms with van der Waals surface area (Å²) in [5.74, 6) is 0. The van der Waals surface area contributed by atoms with Crippen LogP contribution in [-0.4, -0.2) is 10.2 Å². The third kappa shape index (κ3) is 0.961. The van der Waals surface area contributed by atoms with Gasteiger partial charge in [0.2, 0.25) is 0 Å². The predicted octanol–water partition coefficient (Wildman–Crippen LogP) is 0.585. The van der Waals surface area contributed by atoms with Crippen molar-refractivity contribution < 1.29 is 0 Å². The molecule has 2 nitrogen and oxygen atoms in total. The first-order valence-electron chi connectivity index (χ1n) is 2.05. The van der Waals surface area contributed by atoms with Gasteiger partial charge in [-0.05, 0) is 18.6 Å². The van der Waals surface area contributed by atoms with Crippen LogP contribution in [0, 0.1) is 13.1 Å². The molecule has 1 aromatic rings. The maximum Gasteiger partial charge on any atom is 0.116 e. The third-order valence-electron chi connectivity index (χ3n) is 0.675. The van der Waals surface area contributed by atoms with Crippen LogP contribution in [0.15, 0.2) is 12.3 Å². The van der Waals surface area contributed by atoms with E-state index < -0.39 is 0 Å². The van der Waals surface area contributed by atoms with Crippen LogP contribution in [0.3, 0.4) is 0 Å². The Morgan fingerprint density at radius 2 is 2.57 bits per heavy atom. The fourth-order valence-corrected chi connectivity index (χ4v) is 0.323. The zero-order valence-electron chi connectivity index (χ0n) is 4.05. The summed E-state index contributed by atoms with van der Waals surface area (Å²) in [5, 5.41) is 7.05. The fraction of sp³-hybridized carbons (Fsp3) is 0.200. The van der Waals surface area contributed by atoms with E-state index in [-0.39, 0.29) is 0 Å². The molecule has 0 saturated carbocycles. The second kappa shape index (κ2) is 1.69. The van der Waals surface area contributed by atoms with Gasteiger partial charge in [-0.2, -0.15) is 5.10 Å². The minimum atomic E-state index is 1.02. The van der Waals surface area contributed by atoms with Gasteiger partial charge in [0, 0.05) is 6.20 Å². The Morgan fingerprint density at radius 3 is 2.86 bits per heavy atom. The summed E-state index contributed by atoms with van der Waals surface area (Å²) in [6.45, 7) is 1.93. The molecule has 0 bridgehead atoms. The van der Waals surface area contributed by atoms with E-state index in [0.717, 1.165) is 5.56 Å². The third-order valence-corrected chi connectivity index (χ3v) is 0.675. The number of aromatic nitrogens is 2. The van der Waals surface area contributed by atoms with Gasteiger partial charge in [0.1, 0.15) is 6.20 Å². The molecule has 35 valence electrons. The highest BCUT2D eigenvalue weighted by Gasteiger charge is 1.75. The van der Waals surface area contributed by atoms with E-state index in [1.165, 1.54) is 0 Å². The number of hydrogen-bond donors (Lipinski definition) is 0. The lowest BCUT2D eigenvalue weighted by Crippen LogP contribution is -1.77. The van der Waals surface area contributed by atoms with Crippen LogP contribution in [0.5, 0.6) is 0 Å². The van der Waals surface area contributed by atoms with Crippen LogP contribution in [-0.2, 0) is 0 Å². The topological polar surface area (TPSA) is 25.8 Å². The summed E-state index contributed by atoms with van der Waals surface area (Å²) in [5.41, 5.74) is 1.02. The van der Waals surface area contributed by atoms with Gasteiger partial charge in [0.05, 0.1) is 0 Å². The van der Waals surface area contributed by atoms with E-state index in [1.807, 2.05) is 13.0 Å². The molecule has 0 saturated heterocycles. The highest BCUT2D eigenvalue weighted by molar-refractivity contribution is 4.98. The average Bonchev–Trinajstić information content (AvgIpc) is 1.69. The maximum atomic E-state index is 3.54. The lowest BCUT2D eigenvalue weighted by Gasteiger charge is -1.79. The van der Waals surface area contributed by atoms with Crippen molar-refractivity contribution in [2.45, 2.75) is 6.92 Å². The van der Waals surface area contributed by atoms with Gasteiger partial charge >= 0.3 is 0 Å². The van der Waals surface area contributed by atoms with E-state index >= 15 is 0 Å². The monoisotopic (exact) mass is 93.0 g/mol. The normalized spacial score (nSPS) is 8.71. The van der Waals surface area contributed by atoms with Crippen molar-refractivity contribution in [3.8, 4) is 0 Å². The van der Waals surface area contributed by atoms with E-state index in [0.29, 0.717) is 0 Å². The van der Waals surface area contributed by atoms with Crippen molar-refractivity contribution in [2.24, 2.45) is 0 Å². The van der Waals surface area contributed by atoms with Crippen molar-refractivity contribution in [3.05, 3.63) is 24.0 Å². The number of nitrogens with zero attached hydrogens (tertiary/aromatic N) is 2. The van der Waals surface area contributed by atoms with Crippen molar-refractivity contribution in [2.75, 3.05) is 0 Å². The summed E-state index contributed by atoms with van der Waals surface area (Å²) in [4.78, 5) is 0. The molecule has 2 heteroatoms. The van der Waals surface area contributed by atoms with E-state index in [2.05, 4.69) is 16.4 Å². The SMILES string of the molecule is Cc1[c]nncc1. The van der Waals surface area contributed by atoms with Gasteiger partial charge in [-0.1, -0.05) is 0 Å². The van der Waals surface area contributed by atoms with Gasteiger partial charge in [-0.3, -0.25) is 0 Å². The predicted molar refractivity (Wildman–Crippen MR) is 25.6 cm³/mol. The van der Waals surface area contributed by atoms with Crippen LogP contribution in [0.2, 0.25) is 0 Å². The van der Waals surface area contributed by atoms with E-state index in [4.69, 9.17) is 0 Å². The van der Waals surface area contributed by atoms with Crippen molar-refractivity contribution in [3.63, 3.8) is 0 Å².